The number of carbonyl (C=O) groups is 1. The van der Waals surface area contributed by atoms with Gasteiger partial charge in [0.25, 0.3) is 5.91 Å². The fourth-order valence-electron chi connectivity index (χ4n) is 1.64. The van der Waals surface area contributed by atoms with Crippen LogP contribution in [-0.4, -0.2) is 29.0 Å². The second-order valence-corrected chi connectivity index (χ2v) is 5.26. The molecule has 128 valence electrons. The van der Waals surface area contributed by atoms with Gasteiger partial charge >= 0.3 is 6.18 Å². The number of amides is 1. The second kappa shape index (κ2) is 7.67. The molecule has 0 bridgehead atoms. The second-order valence-electron chi connectivity index (χ2n) is 4.45. The first kappa shape index (κ1) is 18.3. The molecule has 0 saturated carbocycles. The Labute approximate surface area is 144 Å². The van der Waals surface area contributed by atoms with Gasteiger partial charge in [0.15, 0.2) is 0 Å². The van der Waals surface area contributed by atoms with Crippen molar-refractivity contribution in [2.24, 2.45) is 0 Å². The molecule has 10 heteroatoms. The van der Waals surface area contributed by atoms with Crippen LogP contribution < -0.4 is 10.1 Å². The molecule has 0 aromatic carbocycles. The summed E-state index contributed by atoms with van der Waals surface area (Å²) in [5, 5.41) is 2.43. The van der Waals surface area contributed by atoms with Crippen molar-refractivity contribution in [2.75, 3.05) is 13.2 Å². The molecule has 0 fully saturated rings. The molecule has 0 unspecified atom stereocenters. The van der Waals surface area contributed by atoms with Gasteiger partial charge in [-0.25, -0.2) is 9.97 Å². The first-order valence-electron chi connectivity index (χ1n) is 6.53. The van der Waals surface area contributed by atoms with E-state index in [1.807, 2.05) is 0 Å². The van der Waals surface area contributed by atoms with Crippen molar-refractivity contribution in [1.29, 1.82) is 0 Å². The molecule has 2 aromatic heterocycles. The van der Waals surface area contributed by atoms with Crippen LogP contribution in [0.3, 0.4) is 0 Å². The normalized spacial score (nSPS) is 11.2. The van der Waals surface area contributed by atoms with Gasteiger partial charge in [-0.2, -0.15) is 13.2 Å². The minimum atomic E-state index is -4.54. The van der Waals surface area contributed by atoms with Crippen LogP contribution in [0.15, 0.2) is 30.6 Å². The minimum absolute atomic E-state index is 0.0473. The number of alkyl halides is 3. The Hall–Kier alpha value is -2.06. The van der Waals surface area contributed by atoms with E-state index >= 15 is 0 Å². The maximum atomic E-state index is 12.5. The Balaban J connectivity index is 1.87. The molecule has 0 spiro atoms. The smallest absolute Gasteiger partial charge is 0.417 e. The van der Waals surface area contributed by atoms with Crippen molar-refractivity contribution in [1.82, 2.24) is 15.3 Å². The third-order valence-electron chi connectivity index (χ3n) is 2.73. The number of carbonyl (C=O) groups excluding carboxylic acids is 1. The van der Waals surface area contributed by atoms with E-state index in [0.29, 0.717) is 6.20 Å². The van der Waals surface area contributed by atoms with Crippen molar-refractivity contribution >= 4 is 29.1 Å². The molecule has 1 amide bonds. The maximum Gasteiger partial charge on any atom is 0.417 e. The van der Waals surface area contributed by atoms with Gasteiger partial charge in [-0.3, -0.25) is 4.79 Å². The predicted molar refractivity (Wildman–Crippen MR) is 81.3 cm³/mol. The molecule has 0 radical (unpaired) electrons. The maximum absolute atomic E-state index is 12.5. The number of nitrogens with zero attached hydrogens (tertiary/aromatic N) is 2. The lowest BCUT2D eigenvalue weighted by atomic mass is 10.3. The molecular formula is C14H10Cl2F3N3O2. The van der Waals surface area contributed by atoms with Crippen LogP contribution in [0.1, 0.15) is 16.1 Å². The van der Waals surface area contributed by atoms with Gasteiger partial charge in [0.05, 0.1) is 17.1 Å². The molecule has 0 aliphatic heterocycles. The SMILES string of the molecule is O=C(NCCOc1ncc(C(F)(F)F)cc1Cl)c1ncccc1Cl. The van der Waals surface area contributed by atoms with Crippen molar-refractivity contribution in [3.63, 3.8) is 0 Å². The van der Waals surface area contributed by atoms with Crippen molar-refractivity contribution in [3.05, 3.63) is 51.9 Å². The highest BCUT2D eigenvalue weighted by atomic mass is 35.5. The largest absolute Gasteiger partial charge is 0.475 e. The molecule has 2 aromatic rings. The molecule has 0 saturated heterocycles. The Kier molecular flexibility index (Phi) is 5.84. The van der Waals surface area contributed by atoms with E-state index in [0.717, 1.165) is 6.07 Å². The summed E-state index contributed by atoms with van der Waals surface area (Å²) in [4.78, 5) is 19.2. The highest BCUT2D eigenvalue weighted by molar-refractivity contribution is 6.33. The van der Waals surface area contributed by atoms with Crippen molar-refractivity contribution in [2.45, 2.75) is 6.18 Å². The summed E-state index contributed by atoms with van der Waals surface area (Å²) in [5.74, 6) is -0.662. The number of nitrogens with one attached hydrogen (secondary N) is 1. The van der Waals surface area contributed by atoms with Crippen LogP contribution in [0, 0.1) is 0 Å². The molecule has 1 N–H and O–H groups in total. The summed E-state index contributed by atoms with van der Waals surface area (Å²) >= 11 is 11.5. The Morgan fingerprint density at radius 2 is 2.00 bits per heavy atom. The van der Waals surface area contributed by atoms with E-state index in [1.54, 1.807) is 6.07 Å². The molecular weight excluding hydrogens is 370 g/mol. The molecule has 24 heavy (non-hydrogen) atoms. The van der Waals surface area contributed by atoms with Gasteiger partial charge in [0, 0.05) is 12.4 Å². The third kappa shape index (κ3) is 4.72. The summed E-state index contributed by atoms with van der Waals surface area (Å²) in [5.41, 5.74) is -0.914. The fourth-order valence-corrected chi connectivity index (χ4v) is 2.06. The topological polar surface area (TPSA) is 64.1 Å². The van der Waals surface area contributed by atoms with Crippen LogP contribution in [0.2, 0.25) is 10.0 Å². The van der Waals surface area contributed by atoms with Gasteiger partial charge in [0.1, 0.15) is 17.3 Å². The fraction of sp³-hybridized carbons (Fsp3) is 0.214. The number of aromatic nitrogens is 2. The molecule has 0 atom stereocenters. The third-order valence-corrected chi connectivity index (χ3v) is 3.31. The number of pyridine rings is 2. The highest BCUT2D eigenvalue weighted by Gasteiger charge is 2.31. The van der Waals surface area contributed by atoms with E-state index in [9.17, 15) is 18.0 Å². The lowest BCUT2D eigenvalue weighted by Gasteiger charge is -2.10. The molecule has 2 rings (SSSR count). The van der Waals surface area contributed by atoms with Gasteiger partial charge in [0.2, 0.25) is 5.88 Å². The van der Waals surface area contributed by atoms with Crippen molar-refractivity contribution in [3.8, 4) is 5.88 Å². The van der Waals surface area contributed by atoms with Crippen LogP contribution >= 0.6 is 23.2 Å². The zero-order valence-electron chi connectivity index (χ0n) is 11.9. The van der Waals surface area contributed by atoms with Crippen molar-refractivity contribution < 1.29 is 22.7 Å². The molecule has 5 nitrogen and oxygen atoms in total. The molecule has 0 aliphatic rings. The summed E-state index contributed by atoms with van der Waals surface area (Å²) in [6.07, 6.45) is -2.50. The summed E-state index contributed by atoms with van der Waals surface area (Å²) < 4.78 is 42.6. The number of ether oxygens (including phenoxy) is 1. The Bertz CT molecular complexity index is 741. The summed E-state index contributed by atoms with van der Waals surface area (Å²) in [6, 6.07) is 3.82. The van der Waals surface area contributed by atoms with E-state index in [4.69, 9.17) is 27.9 Å². The van der Waals surface area contributed by atoms with Gasteiger partial charge in [-0.15, -0.1) is 0 Å². The van der Waals surface area contributed by atoms with E-state index in [2.05, 4.69) is 15.3 Å². The number of hydrogen-bond donors (Lipinski definition) is 1. The highest BCUT2D eigenvalue weighted by Crippen LogP contribution is 2.32. The monoisotopic (exact) mass is 379 g/mol. The predicted octanol–water partition coefficient (Wildman–Crippen LogP) is 3.61. The number of hydrogen-bond acceptors (Lipinski definition) is 4. The first-order valence-corrected chi connectivity index (χ1v) is 7.29. The molecule has 2 heterocycles. The van der Waals surface area contributed by atoms with Gasteiger partial charge < -0.3 is 10.1 Å². The van der Waals surface area contributed by atoms with E-state index in [1.165, 1.54) is 12.3 Å². The average Bonchev–Trinajstić information content (AvgIpc) is 2.52. The lowest BCUT2D eigenvalue weighted by Crippen LogP contribution is -2.29. The zero-order valence-corrected chi connectivity index (χ0v) is 13.4. The minimum Gasteiger partial charge on any atom is -0.475 e. The standard InChI is InChI=1S/C14H10Cl2F3N3O2/c15-9-2-1-3-20-11(9)12(23)21-4-5-24-13-10(16)6-8(7-22-13)14(17,18)19/h1-3,6-7H,4-5H2,(H,21,23). The van der Waals surface area contributed by atoms with Gasteiger partial charge in [-0.1, -0.05) is 23.2 Å². The zero-order chi connectivity index (χ0) is 17.7. The first-order chi connectivity index (χ1) is 11.3. The Morgan fingerprint density at radius 1 is 1.25 bits per heavy atom. The van der Waals surface area contributed by atoms with Crippen LogP contribution in [0.4, 0.5) is 13.2 Å². The van der Waals surface area contributed by atoms with Crippen LogP contribution in [0.25, 0.3) is 0 Å². The van der Waals surface area contributed by atoms with E-state index < -0.39 is 17.6 Å². The number of halogens is 5. The number of rotatable bonds is 5. The Morgan fingerprint density at radius 3 is 2.62 bits per heavy atom. The van der Waals surface area contributed by atoms with Crippen LogP contribution in [-0.2, 0) is 6.18 Å². The van der Waals surface area contributed by atoms with E-state index in [-0.39, 0.29) is 34.8 Å². The summed E-state index contributed by atoms with van der Waals surface area (Å²) in [6.45, 7) is 0.0129. The quantitative estimate of drug-likeness (QED) is 0.805. The summed E-state index contributed by atoms with van der Waals surface area (Å²) in [7, 11) is 0. The van der Waals surface area contributed by atoms with Crippen LogP contribution in [0.5, 0.6) is 5.88 Å². The van der Waals surface area contributed by atoms with Gasteiger partial charge in [-0.05, 0) is 18.2 Å². The average molecular weight is 380 g/mol. The lowest BCUT2D eigenvalue weighted by molar-refractivity contribution is -0.137. The molecule has 0 aliphatic carbocycles.